The van der Waals surface area contributed by atoms with E-state index in [1.165, 1.54) is 27.9 Å². The van der Waals surface area contributed by atoms with Gasteiger partial charge in [-0.2, -0.15) is 0 Å². The molecule has 0 saturated carbocycles. The van der Waals surface area contributed by atoms with Crippen LogP contribution >= 0.6 is 11.6 Å². The van der Waals surface area contributed by atoms with Gasteiger partial charge in [-0.25, -0.2) is 4.39 Å². The zero-order valence-corrected chi connectivity index (χ0v) is 17.4. The zero-order chi connectivity index (χ0) is 19.4. The van der Waals surface area contributed by atoms with E-state index < -0.39 is 5.13 Å². The number of nitrogens with zero attached hydrogens (tertiary/aromatic N) is 1. The second-order valence-corrected chi connectivity index (χ2v) is 8.11. The molecule has 146 valence electrons. The zero-order valence-electron chi connectivity index (χ0n) is 16.6. The standard InChI is InChI=1S/C23H30ClFN2/c1-4-19-16-20(8-9-22(19)27-14-12-26-13-15-27)23(24,25)11-10-21-17(2)6-5-7-18(21)3/h5-9,16,26H,4,10-15H2,1-3H3. The lowest BCUT2D eigenvalue weighted by atomic mass is 9.94. The Bertz CT molecular complexity index is 762. The molecule has 4 heteroatoms. The van der Waals surface area contributed by atoms with E-state index in [9.17, 15) is 0 Å². The van der Waals surface area contributed by atoms with Crippen LogP contribution in [0.3, 0.4) is 0 Å². The van der Waals surface area contributed by atoms with Crippen LogP contribution in [0.2, 0.25) is 0 Å². The quantitative estimate of drug-likeness (QED) is 0.678. The minimum absolute atomic E-state index is 0.274. The van der Waals surface area contributed by atoms with Gasteiger partial charge in [0.2, 0.25) is 5.13 Å². The molecule has 1 unspecified atom stereocenters. The lowest BCUT2D eigenvalue weighted by Crippen LogP contribution is -2.43. The molecule has 0 bridgehead atoms. The van der Waals surface area contributed by atoms with Gasteiger partial charge in [0.05, 0.1) is 0 Å². The number of anilines is 1. The smallest absolute Gasteiger partial charge is 0.209 e. The third kappa shape index (κ3) is 4.64. The maximum atomic E-state index is 15.4. The third-order valence-corrected chi connectivity index (χ3v) is 6.08. The number of hydrogen-bond acceptors (Lipinski definition) is 2. The normalized spacial score (nSPS) is 17.0. The van der Waals surface area contributed by atoms with E-state index in [1.807, 2.05) is 18.2 Å². The van der Waals surface area contributed by atoms with Crippen LogP contribution < -0.4 is 10.2 Å². The van der Waals surface area contributed by atoms with E-state index in [1.54, 1.807) is 0 Å². The molecular weight excluding hydrogens is 359 g/mol. The van der Waals surface area contributed by atoms with Gasteiger partial charge >= 0.3 is 0 Å². The summed E-state index contributed by atoms with van der Waals surface area (Å²) in [6, 6.07) is 12.1. The van der Waals surface area contributed by atoms with E-state index in [0.29, 0.717) is 12.0 Å². The minimum Gasteiger partial charge on any atom is -0.369 e. The predicted molar refractivity (Wildman–Crippen MR) is 114 cm³/mol. The predicted octanol–water partition coefficient (Wildman–Crippen LogP) is 5.27. The molecule has 1 N–H and O–H groups in total. The first-order chi connectivity index (χ1) is 12.9. The fourth-order valence-corrected chi connectivity index (χ4v) is 4.19. The minimum atomic E-state index is -1.85. The van der Waals surface area contributed by atoms with Gasteiger partial charge in [-0.15, -0.1) is 0 Å². The van der Waals surface area contributed by atoms with Gasteiger partial charge in [0, 0.05) is 43.9 Å². The van der Waals surface area contributed by atoms with Crippen molar-refractivity contribution in [3.8, 4) is 0 Å². The van der Waals surface area contributed by atoms with Crippen LogP contribution in [-0.2, 0) is 18.0 Å². The molecule has 1 aliphatic rings. The van der Waals surface area contributed by atoms with E-state index in [4.69, 9.17) is 11.6 Å². The Morgan fingerprint density at radius 3 is 2.41 bits per heavy atom. The first-order valence-corrected chi connectivity index (χ1v) is 10.3. The summed E-state index contributed by atoms with van der Waals surface area (Å²) in [5.74, 6) is 0. The molecule has 0 aromatic heterocycles. The van der Waals surface area contributed by atoms with Crippen molar-refractivity contribution in [2.75, 3.05) is 31.1 Å². The average molecular weight is 389 g/mol. The number of piperazine rings is 1. The van der Waals surface area contributed by atoms with E-state index in [2.05, 4.69) is 49.2 Å². The number of nitrogens with one attached hydrogen (secondary N) is 1. The van der Waals surface area contributed by atoms with Crippen LogP contribution in [0.4, 0.5) is 10.1 Å². The topological polar surface area (TPSA) is 15.3 Å². The summed E-state index contributed by atoms with van der Waals surface area (Å²) in [4.78, 5) is 2.38. The van der Waals surface area contributed by atoms with Crippen LogP contribution in [0.25, 0.3) is 0 Å². The summed E-state index contributed by atoms with van der Waals surface area (Å²) in [6.45, 7) is 10.2. The molecule has 0 aliphatic carbocycles. The third-order valence-electron chi connectivity index (χ3n) is 5.67. The summed E-state index contributed by atoms with van der Waals surface area (Å²) in [6.07, 6.45) is 1.78. The summed E-state index contributed by atoms with van der Waals surface area (Å²) in [7, 11) is 0. The molecular formula is C23H30ClFN2. The maximum Gasteiger partial charge on any atom is 0.209 e. The fraction of sp³-hybridized carbons (Fsp3) is 0.478. The molecule has 0 amide bonds. The maximum absolute atomic E-state index is 15.4. The van der Waals surface area contributed by atoms with Crippen molar-refractivity contribution in [1.82, 2.24) is 5.32 Å². The van der Waals surface area contributed by atoms with E-state index in [0.717, 1.165) is 32.6 Å². The summed E-state index contributed by atoms with van der Waals surface area (Å²) in [5.41, 5.74) is 6.56. The van der Waals surface area contributed by atoms with Gasteiger partial charge in [-0.3, -0.25) is 0 Å². The van der Waals surface area contributed by atoms with Crippen LogP contribution in [0.5, 0.6) is 0 Å². The van der Waals surface area contributed by atoms with Gasteiger partial charge in [-0.05, 0) is 61.1 Å². The molecule has 27 heavy (non-hydrogen) atoms. The highest BCUT2D eigenvalue weighted by Gasteiger charge is 2.30. The number of alkyl halides is 2. The second-order valence-electron chi connectivity index (χ2n) is 7.51. The Labute approximate surface area is 167 Å². The Kier molecular flexibility index (Phi) is 6.44. The number of benzene rings is 2. The van der Waals surface area contributed by atoms with Crippen LogP contribution in [0, 0.1) is 13.8 Å². The number of halogens is 2. The largest absolute Gasteiger partial charge is 0.369 e. The van der Waals surface area contributed by atoms with E-state index >= 15 is 4.39 Å². The second kappa shape index (κ2) is 8.62. The fourth-order valence-electron chi connectivity index (χ4n) is 3.98. The highest BCUT2D eigenvalue weighted by molar-refractivity contribution is 6.22. The number of hydrogen-bond donors (Lipinski definition) is 1. The number of rotatable bonds is 6. The highest BCUT2D eigenvalue weighted by atomic mass is 35.5. The van der Waals surface area contributed by atoms with Crippen molar-refractivity contribution < 1.29 is 4.39 Å². The Morgan fingerprint density at radius 2 is 1.78 bits per heavy atom. The number of aryl methyl sites for hydroxylation is 3. The molecule has 1 aliphatic heterocycles. The van der Waals surface area contributed by atoms with Crippen molar-refractivity contribution in [1.29, 1.82) is 0 Å². The molecule has 0 spiro atoms. The highest BCUT2D eigenvalue weighted by Crippen LogP contribution is 2.38. The lowest BCUT2D eigenvalue weighted by Gasteiger charge is -2.32. The molecule has 1 saturated heterocycles. The summed E-state index contributed by atoms with van der Waals surface area (Å²) < 4.78 is 15.4. The molecule has 1 fully saturated rings. The molecule has 2 nitrogen and oxygen atoms in total. The SMILES string of the molecule is CCc1cc(C(F)(Cl)CCc2c(C)cccc2C)ccc1N1CCNCC1. The molecule has 2 aromatic carbocycles. The van der Waals surface area contributed by atoms with Gasteiger partial charge in [0.25, 0.3) is 0 Å². The molecule has 3 rings (SSSR count). The Balaban J connectivity index is 1.79. The van der Waals surface area contributed by atoms with Crippen LogP contribution in [-0.4, -0.2) is 26.2 Å². The van der Waals surface area contributed by atoms with Gasteiger partial charge in [-0.1, -0.05) is 42.8 Å². The van der Waals surface area contributed by atoms with Gasteiger partial charge in [0.1, 0.15) is 0 Å². The Hall–Kier alpha value is -1.58. The summed E-state index contributed by atoms with van der Waals surface area (Å²) in [5, 5.41) is 1.53. The van der Waals surface area contributed by atoms with Crippen molar-refractivity contribution in [2.24, 2.45) is 0 Å². The first-order valence-electron chi connectivity index (χ1n) is 9.94. The van der Waals surface area contributed by atoms with Gasteiger partial charge < -0.3 is 10.2 Å². The molecule has 1 heterocycles. The van der Waals surface area contributed by atoms with Crippen LogP contribution in [0.1, 0.15) is 41.2 Å². The van der Waals surface area contributed by atoms with Gasteiger partial charge in [0.15, 0.2) is 0 Å². The molecule has 2 aromatic rings. The van der Waals surface area contributed by atoms with E-state index in [-0.39, 0.29) is 6.42 Å². The molecule has 0 radical (unpaired) electrons. The molecule has 1 atom stereocenters. The summed E-state index contributed by atoms with van der Waals surface area (Å²) >= 11 is 6.39. The van der Waals surface area contributed by atoms with Crippen molar-refractivity contribution in [3.05, 3.63) is 64.2 Å². The first kappa shape index (κ1) is 20.2. The Morgan fingerprint density at radius 1 is 1.11 bits per heavy atom. The van der Waals surface area contributed by atoms with Crippen molar-refractivity contribution in [3.63, 3.8) is 0 Å². The average Bonchev–Trinajstić information content (AvgIpc) is 2.67. The monoisotopic (exact) mass is 388 g/mol. The van der Waals surface area contributed by atoms with Crippen molar-refractivity contribution in [2.45, 2.75) is 45.2 Å². The van der Waals surface area contributed by atoms with Crippen LogP contribution in [0.15, 0.2) is 36.4 Å². The van der Waals surface area contributed by atoms with Crippen molar-refractivity contribution >= 4 is 17.3 Å². The lowest BCUT2D eigenvalue weighted by molar-refractivity contribution is 0.265.